The van der Waals surface area contributed by atoms with E-state index in [1.54, 1.807) is 18.2 Å². The van der Waals surface area contributed by atoms with Gasteiger partial charge in [-0.3, -0.25) is 4.79 Å². The molecule has 1 unspecified atom stereocenters. The number of nitrogens with two attached hydrogens (primary N) is 1. The zero-order chi connectivity index (χ0) is 13.5. The van der Waals surface area contributed by atoms with Crippen molar-refractivity contribution in [2.75, 3.05) is 17.2 Å². The third-order valence-corrected chi connectivity index (χ3v) is 3.84. The molecule has 0 aliphatic carbocycles. The van der Waals surface area contributed by atoms with Gasteiger partial charge in [-0.05, 0) is 37.0 Å². The van der Waals surface area contributed by atoms with Gasteiger partial charge in [0, 0.05) is 6.04 Å². The summed E-state index contributed by atoms with van der Waals surface area (Å²) in [6.07, 6.45) is 0.949. The van der Waals surface area contributed by atoms with Crippen LogP contribution in [0, 0.1) is 0 Å². The molecule has 3 N–H and O–H groups in total. The first-order valence-corrected chi connectivity index (χ1v) is 7.52. The SMILES string of the molecule is CCSCCC(C)NC(=O)c1cccc(Cl)c1N. The molecule has 0 aromatic heterocycles. The predicted molar refractivity (Wildman–Crippen MR) is 80.4 cm³/mol. The maximum absolute atomic E-state index is 12.0. The molecule has 0 radical (unpaired) electrons. The van der Waals surface area contributed by atoms with Crippen LogP contribution >= 0.6 is 23.4 Å². The summed E-state index contributed by atoms with van der Waals surface area (Å²) in [6, 6.07) is 5.22. The van der Waals surface area contributed by atoms with Crippen LogP contribution in [0.15, 0.2) is 18.2 Å². The highest BCUT2D eigenvalue weighted by molar-refractivity contribution is 7.99. The lowest BCUT2D eigenvalue weighted by Crippen LogP contribution is -2.33. The average molecular weight is 287 g/mol. The Morgan fingerprint density at radius 2 is 2.28 bits per heavy atom. The van der Waals surface area contributed by atoms with Gasteiger partial charge in [0.05, 0.1) is 16.3 Å². The molecule has 1 aromatic carbocycles. The van der Waals surface area contributed by atoms with Crippen molar-refractivity contribution in [2.24, 2.45) is 0 Å². The number of carbonyl (C=O) groups excluding carboxylic acids is 1. The molecule has 1 amide bonds. The Morgan fingerprint density at radius 3 is 2.94 bits per heavy atom. The van der Waals surface area contributed by atoms with Crippen molar-refractivity contribution in [1.29, 1.82) is 0 Å². The van der Waals surface area contributed by atoms with Crippen molar-refractivity contribution in [3.8, 4) is 0 Å². The maximum Gasteiger partial charge on any atom is 0.253 e. The van der Waals surface area contributed by atoms with Crippen LogP contribution in [0.1, 0.15) is 30.6 Å². The normalized spacial score (nSPS) is 12.2. The van der Waals surface area contributed by atoms with E-state index in [-0.39, 0.29) is 11.9 Å². The highest BCUT2D eigenvalue weighted by Gasteiger charge is 2.13. The number of halogens is 1. The molecule has 0 saturated heterocycles. The molecule has 1 aromatic rings. The fourth-order valence-electron chi connectivity index (χ4n) is 1.51. The Kier molecular flexibility index (Phi) is 6.36. The quantitative estimate of drug-likeness (QED) is 0.624. The number of thioether (sulfide) groups is 1. The Labute approximate surface area is 117 Å². The molecule has 0 aliphatic heterocycles. The summed E-state index contributed by atoms with van der Waals surface area (Å²) in [5.41, 5.74) is 6.57. The predicted octanol–water partition coefficient (Wildman–Crippen LogP) is 3.18. The number of nitrogens with one attached hydrogen (secondary N) is 1. The highest BCUT2D eigenvalue weighted by Crippen LogP contribution is 2.22. The molecule has 1 atom stereocenters. The fraction of sp³-hybridized carbons (Fsp3) is 0.462. The molecule has 0 bridgehead atoms. The zero-order valence-corrected chi connectivity index (χ0v) is 12.3. The fourth-order valence-corrected chi connectivity index (χ4v) is 2.50. The summed E-state index contributed by atoms with van der Waals surface area (Å²) in [5, 5.41) is 3.35. The number of amides is 1. The summed E-state index contributed by atoms with van der Waals surface area (Å²) in [5.74, 6) is 1.98. The second-order valence-corrected chi connectivity index (χ2v) is 5.86. The number of nitrogen functional groups attached to an aromatic ring is 1. The topological polar surface area (TPSA) is 55.1 Å². The summed E-state index contributed by atoms with van der Waals surface area (Å²) < 4.78 is 0. The van der Waals surface area contributed by atoms with Crippen LogP contribution in [0.4, 0.5) is 5.69 Å². The van der Waals surface area contributed by atoms with Crippen molar-refractivity contribution >= 4 is 35.0 Å². The Balaban J connectivity index is 2.57. The van der Waals surface area contributed by atoms with E-state index in [0.29, 0.717) is 16.3 Å². The number of para-hydroxylation sites is 1. The smallest absolute Gasteiger partial charge is 0.253 e. The lowest BCUT2D eigenvalue weighted by Gasteiger charge is -2.14. The Hall–Kier alpha value is -0.870. The molecule has 0 saturated carbocycles. The van der Waals surface area contributed by atoms with Gasteiger partial charge in [-0.2, -0.15) is 11.8 Å². The zero-order valence-electron chi connectivity index (χ0n) is 10.7. The molecule has 0 heterocycles. The van der Waals surface area contributed by atoms with Crippen molar-refractivity contribution in [3.63, 3.8) is 0 Å². The van der Waals surface area contributed by atoms with Crippen LogP contribution in [0.2, 0.25) is 5.02 Å². The van der Waals surface area contributed by atoms with E-state index < -0.39 is 0 Å². The van der Waals surface area contributed by atoms with E-state index in [1.165, 1.54) is 0 Å². The van der Waals surface area contributed by atoms with E-state index in [2.05, 4.69) is 12.2 Å². The molecule has 0 aliphatic rings. The number of benzene rings is 1. The minimum atomic E-state index is -0.163. The van der Waals surface area contributed by atoms with E-state index in [1.807, 2.05) is 18.7 Å². The molecule has 5 heteroatoms. The molecule has 100 valence electrons. The highest BCUT2D eigenvalue weighted by atomic mass is 35.5. The van der Waals surface area contributed by atoms with Crippen molar-refractivity contribution in [2.45, 2.75) is 26.3 Å². The van der Waals surface area contributed by atoms with Crippen molar-refractivity contribution in [1.82, 2.24) is 5.32 Å². The number of rotatable bonds is 6. The van der Waals surface area contributed by atoms with E-state index in [9.17, 15) is 4.79 Å². The van der Waals surface area contributed by atoms with E-state index >= 15 is 0 Å². The first-order chi connectivity index (χ1) is 8.56. The van der Waals surface area contributed by atoms with E-state index in [4.69, 9.17) is 17.3 Å². The minimum Gasteiger partial charge on any atom is -0.397 e. The third-order valence-electron chi connectivity index (χ3n) is 2.57. The number of hydrogen-bond donors (Lipinski definition) is 2. The van der Waals surface area contributed by atoms with Gasteiger partial charge in [0.2, 0.25) is 0 Å². The largest absolute Gasteiger partial charge is 0.397 e. The van der Waals surface area contributed by atoms with Crippen LogP contribution < -0.4 is 11.1 Å². The minimum absolute atomic E-state index is 0.134. The van der Waals surface area contributed by atoms with Gasteiger partial charge in [-0.15, -0.1) is 0 Å². The summed E-state index contributed by atoms with van der Waals surface area (Å²) >= 11 is 7.76. The van der Waals surface area contributed by atoms with Crippen LogP contribution in [-0.4, -0.2) is 23.5 Å². The van der Waals surface area contributed by atoms with Crippen LogP contribution in [0.25, 0.3) is 0 Å². The number of anilines is 1. The second-order valence-electron chi connectivity index (χ2n) is 4.06. The van der Waals surface area contributed by atoms with Gasteiger partial charge in [0.15, 0.2) is 0 Å². The first-order valence-electron chi connectivity index (χ1n) is 5.98. The third kappa shape index (κ3) is 4.42. The van der Waals surface area contributed by atoms with Gasteiger partial charge < -0.3 is 11.1 Å². The average Bonchev–Trinajstić information content (AvgIpc) is 2.32. The molecular formula is C13H19ClN2OS. The van der Waals surface area contributed by atoms with Gasteiger partial charge in [-0.25, -0.2) is 0 Å². The van der Waals surface area contributed by atoms with Gasteiger partial charge in [0.25, 0.3) is 5.91 Å². The van der Waals surface area contributed by atoms with Gasteiger partial charge in [-0.1, -0.05) is 24.6 Å². The molecule has 0 spiro atoms. The molecule has 1 rings (SSSR count). The van der Waals surface area contributed by atoms with Crippen LogP contribution in [-0.2, 0) is 0 Å². The molecule has 18 heavy (non-hydrogen) atoms. The maximum atomic E-state index is 12.0. The molecule has 3 nitrogen and oxygen atoms in total. The lowest BCUT2D eigenvalue weighted by atomic mass is 10.1. The van der Waals surface area contributed by atoms with Crippen molar-refractivity contribution in [3.05, 3.63) is 28.8 Å². The van der Waals surface area contributed by atoms with Crippen molar-refractivity contribution < 1.29 is 4.79 Å². The number of hydrogen-bond acceptors (Lipinski definition) is 3. The van der Waals surface area contributed by atoms with Gasteiger partial charge >= 0.3 is 0 Å². The summed E-state index contributed by atoms with van der Waals surface area (Å²) in [4.78, 5) is 12.0. The lowest BCUT2D eigenvalue weighted by molar-refractivity contribution is 0.0940. The number of carbonyl (C=O) groups is 1. The standard InChI is InChI=1S/C13H19ClN2OS/c1-3-18-8-7-9(2)16-13(17)10-5-4-6-11(14)12(10)15/h4-6,9H,3,7-8,15H2,1-2H3,(H,16,17). The second kappa shape index (κ2) is 7.54. The summed E-state index contributed by atoms with van der Waals surface area (Å²) in [6.45, 7) is 4.12. The van der Waals surface area contributed by atoms with Crippen LogP contribution in [0.5, 0.6) is 0 Å². The summed E-state index contributed by atoms with van der Waals surface area (Å²) in [7, 11) is 0. The van der Waals surface area contributed by atoms with Crippen LogP contribution in [0.3, 0.4) is 0 Å². The first kappa shape index (κ1) is 15.2. The monoisotopic (exact) mass is 286 g/mol. The Bertz CT molecular complexity index is 412. The van der Waals surface area contributed by atoms with E-state index in [0.717, 1.165) is 17.9 Å². The molecular weight excluding hydrogens is 268 g/mol. The van der Waals surface area contributed by atoms with Gasteiger partial charge in [0.1, 0.15) is 0 Å². The molecule has 0 fully saturated rings. The Morgan fingerprint density at radius 1 is 1.56 bits per heavy atom.